The van der Waals surface area contributed by atoms with Crippen LogP contribution in [0.4, 0.5) is 13.6 Å². The monoisotopic (exact) mass is 380 g/mol. The van der Waals surface area contributed by atoms with Crippen LogP contribution in [0.25, 0.3) is 11.5 Å². The molecule has 0 saturated carbocycles. The van der Waals surface area contributed by atoms with Crippen LogP contribution in [0.5, 0.6) is 0 Å². The summed E-state index contributed by atoms with van der Waals surface area (Å²) in [6.07, 6.45) is 2.79. The van der Waals surface area contributed by atoms with Gasteiger partial charge in [-0.2, -0.15) is 4.98 Å². The van der Waals surface area contributed by atoms with Gasteiger partial charge in [-0.3, -0.25) is 0 Å². The summed E-state index contributed by atoms with van der Waals surface area (Å²) in [5.41, 5.74) is -0.380. The second-order valence-electron chi connectivity index (χ2n) is 6.35. The van der Waals surface area contributed by atoms with Crippen LogP contribution >= 0.6 is 0 Å². The molecule has 1 atom stereocenters. The average molecular weight is 380 g/mol. The largest absolute Gasteiger partial charge is 0.376 e. The maximum Gasteiger partial charge on any atom is 0.317 e. The molecule has 0 radical (unpaired) electrons. The van der Waals surface area contributed by atoms with Crippen LogP contribution in [-0.4, -0.2) is 46.9 Å². The van der Waals surface area contributed by atoms with Crippen LogP contribution < -0.4 is 5.32 Å². The fourth-order valence-corrected chi connectivity index (χ4v) is 2.94. The molecule has 1 fully saturated rings. The zero-order valence-electron chi connectivity index (χ0n) is 15.1. The summed E-state index contributed by atoms with van der Waals surface area (Å²) in [5.74, 6) is -1.71. The number of aromatic nitrogens is 2. The number of amides is 2. The second kappa shape index (κ2) is 8.90. The molecule has 0 spiro atoms. The molecule has 1 aromatic heterocycles. The third-order valence-electron chi connectivity index (χ3n) is 4.27. The maximum atomic E-state index is 13.8. The number of likely N-dealkylation sites (tertiary alicyclic amines) is 1. The quantitative estimate of drug-likeness (QED) is 0.833. The first kappa shape index (κ1) is 19.2. The Balaban J connectivity index is 1.56. The molecule has 1 aromatic carbocycles. The van der Waals surface area contributed by atoms with Crippen molar-refractivity contribution in [2.24, 2.45) is 0 Å². The van der Waals surface area contributed by atoms with E-state index in [0.29, 0.717) is 19.7 Å². The van der Waals surface area contributed by atoms with Gasteiger partial charge in [0.2, 0.25) is 0 Å². The molecule has 2 aromatic rings. The van der Waals surface area contributed by atoms with Crippen LogP contribution in [0.1, 0.15) is 32.0 Å². The van der Waals surface area contributed by atoms with E-state index in [1.165, 1.54) is 6.07 Å². The minimum absolute atomic E-state index is 0.00457. The van der Waals surface area contributed by atoms with Crippen LogP contribution in [-0.2, 0) is 11.3 Å². The SMILES string of the molecule is CCCO[C@H]1CCCN(C(=O)NCc2noc(-c3c(F)cccc3F)n2)C1. The first-order valence-corrected chi connectivity index (χ1v) is 8.99. The fourth-order valence-electron chi connectivity index (χ4n) is 2.94. The maximum absolute atomic E-state index is 13.8. The van der Waals surface area contributed by atoms with Crippen molar-refractivity contribution in [1.29, 1.82) is 0 Å². The van der Waals surface area contributed by atoms with Crippen molar-refractivity contribution in [3.05, 3.63) is 35.7 Å². The highest BCUT2D eigenvalue weighted by Gasteiger charge is 2.24. The molecule has 0 bridgehead atoms. The average Bonchev–Trinajstić information content (AvgIpc) is 3.13. The van der Waals surface area contributed by atoms with E-state index in [1.807, 2.05) is 6.92 Å². The number of rotatable bonds is 6. The number of carbonyl (C=O) groups is 1. The number of urea groups is 1. The van der Waals surface area contributed by atoms with Gasteiger partial charge in [-0.1, -0.05) is 18.1 Å². The summed E-state index contributed by atoms with van der Waals surface area (Å²) in [7, 11) is 0. The number of carbonyl (C=O) groups excluding carboxylic acids is 1. The molecule has 0 unspecified atom stereocenters. The van der Waals surface area contributed by atoms with Gasteiger partial charge in [0, 0.05) is 19.7 Å². The van der Waals surface area contributed by atoms with E-state index in [2.05, 4.69) is 15.5 Å². The predicted octanol–water partition coefficient (Wildman–Crippen LogP) is 3.12. The number of hydrogen-bond acceptors (Lipinski definition) is 5. The number of piperidine rings is 1. The van der Waals surface area contributed by atoms with Crippen LogP contribution in [0, 0.1) is 11.6 Å². The summed E-state index contributed by atoms with van der Waals surface area (Å²) in [4.78, 5) is 18.0. The predicted molar refractivity (Wildman–Crippen MR) is 92.7 cm³/mol. The van der Waals surface area contributed by atoms with Gasteiger partial charge in [0.25, 0.3) is 5.89 Å². The van der Waals surface area contributed by atoms with Crippen molar-refractivity contribution in [2.45, 2.75) is 38.8 Å². The highest BCUT2D eigenvalue weighted by atomic mass is 19.1. The summed E-state index contributed by atoms with van der Waals surface area (Å²) in [5, 5.41) is 6.37. The Morgan fingerprint density at radius 3 is 2.93 bits per heavy atom. The molecule has 1 N–H and O–H groups in total. The summed E-state index contributed by atoms with van der Waals surface area (Å²) < 4.78 is 38.2. The number of nitrogens with zero attached hydrogens (tertiary/aromatic N) is 3. The molecule has 1 aliphatic heterocycles. The van der Waals surface area contributed by atoms with Crippen molar-refractivity contribution in [1.82, 2.24) is 20.4 Å². The van der Waals surface area contributed by atoms with Gasteiger partial charge in [0.15, 0.2) is 5.82 Å². The van der Waals surface area contributed by atoms with Crippen molar-refractivity contribution in [3.8, 4) is 11.5 Å². The lowest BCUT2D eigenvalue weighted by molar-refractivity contribution is 0.00999. The molecule has 7 nitrogen and oxygen atoms in total. The number of benzene rings is 1. The highest BCUT2D eigenvalue weighted by molar-refractivity contribution is 5.74. The van der Waals surface area contributed by atoms with E-state index in [-0.39, 0.29) is 36.0 Å². The van der Waals surface area contributed by atoms with Crippen LogP contribution in [0.2, 0.25) is 0 Å². The minimum Gasteiger partial charge on any atom is -0.376 e. The lowest BCUT2D eigenvalue weighted by atomic mass is 10.1. The second-order valence-corrected chi connectivity index (χ2v) is 6.35. The van der Waals surface area contributed by atoms with Crippen molar-refractivity contribution >= 4 is 6.03 Å². The molecule has 2 heterocycles. The van der Waals surface area contributed by atoms with Crippen molar-refractivity contribution in [3.63, 3.8) is 0 Å². The molecule has 1 aliphatic rings. The number of nitrogens with one attached hydrogen (secondary N) is 1. The Labute approximate surface area is 155 Å². The van der Waals surface area contributed by atoms with Gasteiger partial charge in [-0.15, -0.1) is 0 Å². The van der Waals surface area contributed by atoms with E-state index >= 15 is 0 Å². The highest BCUT2D eigenvalue weighted by Crippen LogP contribution is 2.24. The molecule has 146 valence electrons. The van der Waals surface area contributed by atoms with Crippen LogP contribution in [0.15, 0.2) is 22.7 Å². The smallest absolute Gasteiger partial charge is 0.317 e. The van der Waals surface area contributed by atoms with Crippen molar-refractivity contribution in [2.75, 3.05) is 19.7 Å². The summed E-state index contributed by atoms with van der Waals surface area (Å²) in [6, 6.07) is 3.21. The molecule has 0 aliphatic carbocycles. The van der Waals surface area contributed by atoms with Crippen LogP contribution in [0.3, 0.4) is 0 Å². The Morgan fingerprint density at radius 2 is 2.19 bits per heavy atom. The van der Waals surface area contributed by atoms with E-state index in [4.69, 9.17) is 9.26 Å². The summed E-state index contributed by atoms with van der Waals surface area (Å²) in [6.45, 7) is 3.90. The minimum atomic E-state index is -0.791. The molecule has 3 rings (SSSR count). The van der Waals surface area contributed by atoms with Gasteiger partial charge < -0.3 is 19.5 Å². The van der Waals surface area contributed by atoms with Gasteiger partial charge >= 0.3 is 6.03 Å². The Kier molecular flexibility index (Phi) is 6.33. The van der Waals surface area contributed by atoms with Crippen molar-refractivity contribution < 1.29 is 22.8 Å². The lowest BCUT2D eigenvalue weighted by Gasteiger charge is -2.32. The molecule has 2 amide bonds. The van der Waals surface area contributed by atoms with E-state index < -0.39 is 11.6 Å². The summed E-state index contributed by atoms with van der Waals surface area (Å²) >= 11 is 0. The zero-order chi connectivity index (χ0) is 19.2. The standard InChI is InChI=1S/C18H22F2N4O3/c1-2-9-26-12-5-4-8-24(11-12)18(25)21-10-15-22-17(27-23-15)16-13(19)6-3-7-14(16)20/h3,6-7,12H,2,4-5,8-11H2,1H3,(H,21,25)/t12-/m0/s1. The molecular formula is C18H22F2N4O3. The number of halogens is 2. The first-order chi connectivity index (χ1) is 13.1. The third-order valence-corrected chi connectivity index (χ3v) is 4.27. The Morgan fingerprint density at radius 1 is 1.41 bits per heavy atom. The first-order valence-electron chi connectivity index (χ1n) is 8.99. The number of ether oxygens (including phenoxy) is 1. The zero-order valence-corrected chi connectivity index (χ0v) is 15.1. The normalized spacial score (nSPS) is 17.1. The van der Waals surface area contributed by atoms with E-state index in [1.54, 1.807) is 4.90 Å². The van der Waals surface area contributed by atoms with Gasteiger partial charge in [-0.05, 0) is 31.4 Å². The molecule has 27 heavy (non-hydrogen) atoms. The number of hydrogen-bond donors (Lipinski definition) is 1. The molecular weight excluding hydrogens is 358 g/mol. The Hall–Kier alpha value is -2.55. The van der Waals surface area contributed by atoms with Gasteiger partial charge in [-0.25, -0.2) is 13.6 Å². The lowest BCUT2D eigenvalue weighted by Crippen LogP contribution is -2.47. The fraction of sp³-hybridized carbons (Fsp3) is 0.500. The molecule has 1 saturated heterocycles. The van der Waals surface area contributed by atoms with E-state index in [9.17, 15) is 13.6 Å². The van der Waals surface area contributed by atoms with E-state index in [0.717, 1.165) is 31.4 Å². The molecule has 9 heteroatoms. The van der Waals surface area contributed by atoms with Gasteiger partial charge in [0.05, 0.1) is 12.6 Å². The topological polar surface area (TPSA) is 80.5 Å². The Bertz CT molecular complexity index is 763. The third kappa shape index (κ3) is 4.79. The van der Waals surface area contributed by atoms with Gasteiger partial charge in [0.1, 0.15) is 17.2 Å².